The molecule has 1 aliphatic rings. The summed E-state index contributed by atoms with van der Waals surface area (Å²) in [5.74, 6) is 1.06. The molecule has 0 spiro atoms. The van der Waals surface area contributed by atoms with E-state index in [1.165, 1.54) is 6.20 Å². The van der Waals surface area contributed by atoms with Crippen LogP contribution in [0.5, 0.6) is 5.88 Å². The molecule has 8 nitrogen and oxygen atoms in total. The van der Waals surface area contributed by atoms with Crippen molar-refractivity contribution in [1.82, 2.24) is 19.7 Å². The normalized spacial score (nSPS) is 19.9. The van der Waals surface area contributed by atoms with E-state index in [1.807, 2.05) is 6.92 Å². The molecular formula is C19H25ClN6O2. The Hall–Kier alpha value is -2.37. The first-order chi connectivity index (χ1) is 13.3. The van der Waals surface area contributed by atoms with Crippen LogP contribution in [0.1, 0.15) is 45.2 Å². The first kappa shape index (κ1) is 20.4. The molecule has 1 fully saturated rings. The standard InChI is InChI=1S/C19H25ClN6O2/c1-12-16(9-26(25-12)19(2,3)11-21)23-18-22-8-15(20)17(24-18)28-10-13-4-6-14(27)7-5-13/h8-9,13-14,27H,4-7,10H2,1-3H3,(H,22,23,24). The second-order valence-electron chi connectivity index (χ2n) is 7.70. The first-order valence-electron chi connectivity index (χ1n) is 9.37. The second kappa shape index (κ2) is 8.33. The fourth-order valence-corrected chi connectivity index (χ4v) is 3.21. The maximum Gasteiger partial charge on any atom is 0.237 e. The van der Waals surface area contributed by atoms with Gasteiger partial charge < -0.3 is 15.2 Å². The van der Waals surface area contributed by atoms with Gasteiger partial charge in [-0.05, 0) is 52.4 Å². The van der Waals surface area contributed by atoms with Crippen LogP contribution in [0, 0.1) is 24.2 Å². The van der Waals surface area contributed by atoms with Crippen LogP contribution in [0.3, 0.4) is 0 Å². The number of nitrogens with one attached hydrogen (secondary N) is 1. The number of anilines is 2. The van der Waals surface area contributed by atoms with Gasteiger partial charge >= 0.3 is 0 Å². The molecule has 0 radical (unpaired) electrons. The highest BCUT2D eigenvalue weighted by Gasteiger charge is 2.23. The number of halogens is 1. The molecule has 2 heterocycles. The summed E-state index contributed by atoms with van der Waals surface area (Å²) < 4.78 is 7.44. The summed E-state index contributed by atoms with van der Waals surface area (Å²) in [6, 6.07) is 2.22. The van der Waals surface area contributed by atoms with Crippen LogP contribution >= 0.6 is 11.6 Å². The van der Waals surface area contributed by atoms with Crippen molar-refractivity contribution in [3.05, 3.63) is 23.1 Å². The maximum absolute atomic E-state index is 9.61. The van der Waals surface area contributed by atoms with Crippen LogP contribution in [0.4, 0.5) is 11.6 Å². The van der Waals surface area contributed by atoms with E-state index in [-0.39, 0.29) is 6.10 Å². The lowest BCUT2D eigenvalue weighted by Gasteiger charge is -2.25. The van der Waals surface area contributed by atoms with E-state index in [0.717, 1.165) is 31.4 Å². The third-order valence-electron chi connectivity index (χ3n) is 4.98. The van der Waals surface area contributed by atoms with Gasteiger partial charge in [-0.25, -0.2) is 4.98 Å². The van der Waals surface area contributed by atoms with Crippen LogP contribution in [0.25, 0.3) is 0 Å². The van der Waals surface area contributed by atoms with E-state index >= 15 is 0 Å². The molecule has 0 unspecified atom stereocenters. The zero-order chi connectivity index (χ0) is 20.3. The van der Waals surface area contributed by atoms with Gasteiger partial charge in [0.2, 0.25) is 11.8 Å². The molecule has 3 rings (SSSR count). The summed E-state index contributed by atoms with van der Waals surface area (Å²) in [4.78, 5) is 8.57. The Labute approximate surface area is 169 Å². The Balaban J connectivity index is 1.69. The number of hydrogen-bond acceptors (Lipinski definition) is 7. The summed E-state index contributed by atoms with van der Waals surface area (Å²) in [6.45, 7) is 5.93. The van der Waals surface area contributed by atoms with Crippen molar-refractivity contribution in [1.29, 1.82) is 5.26 Å². The van der Waals surface area contributed by atoms with Crippen molar-refractivity contribution < 1.29 is 9.84 Å². The van der Waals surface area contributed by atoms with Gasteiger partial charge in [0, 0.05) is 0 Å². The molecule has 0 aromatic carbocycles. The molecule has 28 heavy (non-hydrogen) atoms. The summed E-state index contributed by atoms with van der Waals surface area (Å²) in [5, 5.41) is 26.7. The Bertz CT molecular complexity index is 868. The SMILES string of the molecule is Cc1nn(C(C)(C)C#N)cc1Nc1ncc(Cl)c(OCC2CCC(O)CC2)n1. The van der Waals surface area contributed by atoms with Crippen molar-refractivity contribution >= 4 is 23.2 Å². The molecule has 9 heteroatoms. The van der Waals surface area contributed by atoms with Gasteiger partial charge in [-0.15, -0.1) is 0 Å². The molecule has 2 aromatic heterocycles. The second-order valence-corrected chi connectivity index (χ2v) is 8.11. The van der Waals surface area contributed by atoms with Crippen LogP contribution in [0.15, 0.2) is 12.4 Å². The van der Waals surface area contributed by atoms with E-state index in [9.17, 15) is 10.4 Å². The number of aliphatic hydroxyl groups is 1. The fraction of sp³-hybridized carbons (Fsp3) is 0.579. The Kier molecular flexibility index (Phi) is 6.06. The molecule has 2 N–H and O–H groups in total. The summed E-state index contributed by atoms with van der Waals surface area (Å²) in [5.41, 5.74) is 0.677. The van der Waals surface area contributed by atoms with Crippen molar-refractivity contribution in [2.75, 3.05) is 11.9 Å². The molecule has 0 atom stereocenters. The van der Waals surface area contributed by atoms with E-state index in [0.29, 0.717) is 35.1 Å². The van der Waals surface area contributed by atoms with E-state index < -0.39 is 5.54 Å². The van der Waals surface area contributed by atoms with Gasteiger partial charge in [0.15, 0.2) is 0 Å². The molecule has 0 bridgehead atoms. The summed E-state index contributed by atoms with van der Waals surface area (Å²) in [7, 11) is 0. The van der Waals surface area contributed by atoms with Crippen molar-refractivity contribution in [3.8, 4) is 11.9 Å². The minimum Gasteiger partial charge on any atom is -0.476 e. The highest BCUT2D eigenvalue weighted by atomic mass is 35.5. The summed E-state index contributed by atoms with van der Waals surface area (Å²) in [6.07, 6.45) is 6.54. The van der Waals surface area contributed by atoms with Gasteiger partial charge in [-0.1, -0.05) is 11.6 Å². The quantitative estimate of drug-likeness (QED) is 0.757. The molecule has 0 aliphatic heterocycles. The third kappa shape index (κ3) is 4.72. The topological polar surface area (TPSA) is 109 Å². The predicted molar refractivity (Wildman–Crippen MR) is 106 cm³/mol. The van der Waals surface area contributed by atoms with Gasteiger partial charge in [-0.3, -0.25) is 4.68 Å². The molecule has 150 valence electrons. The molecule has 1 aliphatic carbocycles. The summed E-state index contributed by atoms with van der Waals surface area (Å²) >= 11 is 6.18. The predicted octanol–water partition coefficient (Wildman–Crippen LogP) is 3.57. The number of nitrogens with zero attached hydrogens (tertiary/aromatic N) is 5. The first-order valence-corrected chi connectivity index (χ1v) is 9.74. The van der Waals surface area contributed by atoms with Crippen molar-refractivity contribution in [2.45, 2.75) is 58.1 Å². The third-order valence-corrected chi connectivity index (χ3v) is 5.23. The number of aryl methyl sites for hydroxylation is 1. The van der Waals surface area contributed by atoms with Gasteiger partial charge in [0.1, 0.15) is 10.6 Å². The highest BCUT2D eigenvalue weighted by molar-refractivity contribution is 6.31. The smallest absolute Gasteiger partial charge is 0.237 e. The molecule has 2 aromatic rings. The van der Waals surface area contributed by atoms with Crippen molar-refractivity contribution in [2.24, 2.45) is 5.92 Å². The number of hydrogen-bond donors (Lipinski definition) is 2. The number of rotatable bonds is 6. The van der Waals surface area contributed by atoms with E-state index in [1.54, 1.807) is 24.7 Å². The minimum absolute atomic E-state index is 0.190. The fourth-order valence-electron chi connectivity index (χ4n) is 3.06. The number of aromatic nitrogens is 4. The Morgan fingerprint density at radius 1 is 1.39 bits per heavy atom. The van der Waals surface area contributed by atoms with E-state index in [4.69, 9.17) is 16.3 Å². The number of nitriles is 1. The van der Waals surface area contributed by atoms with Crippen LogP contribution < -0.4 is 10.1 Å². The Morgan fingerprint density at radius 3 is 2.79 bits per heavy atom. The van der Waals surface area contributed by atoms with Gasteiger partial charge in [-0.2, -0.15) is 15.3 Å². The molecule has 1 saturated carbocycles. The average molecular weight is 405 g/mol. The maximum atomic E-state index is 9.61. The molecule has 0 saturated heterocycles. The molecule has 0 amide bonds. The monoisotopic (exact) mass is 404 g/mol. The lowest BCUT2D eigenvalue weighted by atomic mass is 9.88. The average Bonchev–Trinajstić information content (AvgIpc) is 3.05. The van der Waals surface area contributed by atoms with Crippen LogP contribution in [0.2, 0.25) is 5.02 Å². The van der Waals surface area contributed by atoms with Gasteiger partial charge in [0.05, 0.1) is 42.6 Å². The number of ether oxygens (including phenoxy) is 1. The zero-order valence-electron chi connectivity index (χ0n) is 16.3. The van der Waals surface area contributed by atoms with Crippen LogP contribution in [-0.4, -0.2) is 37.6 Å². The minimum atomic E-state index is -0.757. The lowest BCUT2D eigenvalue weighted by molar-refractivity contribution is 0.0909. The van der Waals surface area contributed by atoms with E-state index in [2.05, 4.69) is 26.5 Å². The van der Waals surface area contributed by atoms with Crippen LogP contribution in [-0.2, 0) is 5.54 Å². The lowest BCUT2D eigenvalue weighted by Crippen LogP contribution is -2.24. The Morgan fingerprint density at radius 2 is 2.11 bits per heavy atom. The number of aliphatic hydroxyl groups excluding tert-OH is 1. The largest absolute Gasteiger partial charge is 0.476 e. The zero-order valence-corrected chi connectivity index (χ0v) is 17.1. The van der Waals surface area contributed by atoms with Gasteiger partial charge in [0.25, 0.3) is 0 Å². The van der Waals surface area contributed by atoms with Crippen molar-refractivity contribution in [3.63, 3.8) is 0 Å². The molecular weight excluding hydrogens is 380 g/mol. The highest BCUT2D eigenvalue weighted by Crippen LogP contribution is 2.28.